The molecule has 0 spiro atoms. The highest BCUT2D eigenvalue weighted by Gasteiger charge is 2.29. The van der Waals surface area contributed by atoms with E-state index in [4.69, 9.17) is 11.6 Å². The Morgan fingerprint density at radius 3 is 2.33 bits per heavy atom. The van der Waals surface area contributed by atoms with Crippen molar-refractivity contribution in [2.75, 3.05) is 10.5 Å². The summed E-state index contributed by atoms with van der Waals surface area (Å²) in [6.45, 7) is 0.175. The molecule has 0 saturated carbocycles. The fraction of sp³-hybridized carbons (Fsp3) is 0.111. The number of nitrogens with one attached hydrogen (secondary N) is 1. The smallest absolute Gasteiger partial charge is 0.280 e. The molecule has 1 fully saturated rings. The summed E-state index contributed by atoms with van der Waals surface area (Å²) in [5, 5.41) is 1.38. The van der Waals surface area contributed by atoms with Crippen LogP contribution in [0.3, 0.4) is 0 Å². The third-order valence-corrected chi connectivity index (χ3v) is 5.83. The highest BCUT2D eigenvalue weighted by molar-refractivity contribution is 8.14. The van der Waals surface area contributed by atoms with Gasteiger partial charge in [0, 0.05) is 10.7 Å². The molecule has 1 saturated heterocycles. The van der Waals surface area contributed by atoms with E-state index in [1.165, 1.54) is 11.0 Å². The molecule has 140 valence electrons. The van der Waals surface area contributed by atoms with Gasteiger partial charge in [0.15, 0.2) is 0 Å². The number of benzene rings is 2. The normalized spacial score (nSPS) is 14.9. The van der Waals surface area contributed by atoms with Crippen LogP contribution in [-0.4, -0.2) is 30.2 Å². The number of thioether (sulfide) groups is 1. The molecule has 1 N–H and O–H groups in total. The van der Waals surface area contributed by atoms with Gasteiger partial charge in [-0.15, -0.1) is 0 Å². The lowest BCUT2D eigenvalue weighted by molar-refractivity contribution is -0.125. The first kappa shape index (κ1) is 19.5. The second-order valence-corrected chi connectivity index (χ2v) is 8.66. The Hall–Kier alpha value is -2.29. The van der Waals surface area contributed by atoms with Crippen molar-refractivity contribution in [1.29, 1.82) is 0 Å². The van der Waals surface area contributed by atoms with Gasteiger partial charge in [0.25, 0.3) is 15.3 Å². The van der Waals surface area contributed by atoms with Crippen LogP contribution in [0.2, 0.25) is 5.02 Å². The lowest BCUT2D eigenvalue weighted by atomic mass is 10.2. The Bertz CT molecular complexity index is 971. The maximum absolute atomic E-state index is 12.2. The third-order valence-electron chi connectivity index (χ3n) is 3.70. The first-order chi connectivity index (χ1) is 12.8. The maximum atomic E-state index is 12.2. The summed E-state index contributed by atoms with van der Waals surface area (Å²) in [7, 11) is -3.68. The molecule has 2 aromatic rings. The van der Waals surface area contributed by atoms with Crippen molar-refractivity contribution in [3.8, 4) is 0 Å². The van der Waals surface area contributed by atoms with Crippen molar-refractivity contribution in [1.82, 2.24) is 4.90 Å². The molecular weight excluding hydrogens is 408 g/mol. The molecule has 2 aromatic carbocycles. The predicted molar refractivity (Wildman–Crippen MR) is 108 cm³/mol. The Labute approximate surface area is 166 Å². The van der Waals surface area contributed by atoms with Crippen molar-refractivity contribution >= 4 is 56.3 Å². The molecule has 6 nitrogen and oxygen atoms in total. The average Bonchev–Trinajstić information content (AvgIpc) is 2.95. The zero-order chi connectivity index (χ0) is 19.4. The molecule has 0 aromatic heterocycles. The summed E-state index contributed by atoms with van der Waals surface area (Å²) in [5.41, 5.74) is 1.82. The van der Waals surface area contributed by atoms with Crippen LogP contribution in [0.5, 0.6) is 0 Å². The molecule has 1 heterocycles. The highest BCUT2D eigenvalue weighted by Crippen LogP contribution is 2.22. The van der Waals surface area contributed by atoms with Gasteiger partial charge < -0.3 is 0 Å². The Kier molecular flexibility index (Phi) is 5.88. The van der Waals surface area contributed by atoms with Gasteiger partial charge in [-0.3, -0.25) is 19.2 Å². The number of carbonyl (C=O) groups excluding carboxylic acids is 2. The lowest BCUT2D eigenvalue weighted by Gasteiger charge is -2.13. The number of hydrogen-bond acceptors (Lipinski definition) is 5. The summed E-state index contributed by atoms with van der Waals surface area (Å²) < 4.78 is 26.8. The molecular formula is C18H15ClN2O4S2. The van der Waals surface area contributed by atoms with E-state index in [0.29, 0.717) is 16.3 Å². The second-order valence-electron chi connectivity index (χ2n) is 5.73. The van der Waals surface area contributed by atoms with Crippen LogP contribution in [0.4, 0.5) is 10.5 Å². The topological polar surface area (TPSA) is 83.6 Å². The first-order valence-electron chi connectivity index (χ1n) is 7.85. The third kappa shape index (κ3) is 5.35. The van der Waals surface area contributed by atoms with Gasteiger partial charge in [-0.1, -0.05) is 47.6 Å². The maximum Gasteiger partial charge on any atom is 0.289 e. The summed E-state index contributed by atoms with van der Waals surface area (Å²) in [6.07, 6.45) is 1.47. The number of halogens is 1. The molecule has 1 aliphatic heterocycles. The summed E-state index contributed by atoms with van der Waals surface area (Å²) >= 11 is 6.77. The molecule has 27 heavy (non-hydrogen) atoms. The molecule has 0 radical (unpaired) electrons. The number of rotatable bonds is 6. The molecule has 3 rings (SSSR count). The first-order valence-corrected chi connectivity index (χ1v) is 10.8. The monoisotopic (exact) mass is 422 g/mol. The molecule has 2 amide bonds. The standard InChI is InChI=1S/C18H15ClN2O4S2/c19-15-5-1-13(2-6-15)9-10-27(24,25)20-16-7-3-14(4-8-16)11-21-17(22)12-26-18(21)23/h1-10,20H,11-12H2/b10-9+. The van der Waals surface area contributed by atoms with Crippen LogP contribution in [0.15, 0.2) is 53.9 Å². The SMILES string of the molecule is O=C1CSC(=O)N1Cc1ccc(NS(=O)(=O)/C=C/c2ccc(Cl)cc2)cc1. The molecule has 0 bridgehead atoms. The van der Waals surface area contributed by atoms with Gasteiger partial charge in [0.1, 0.15) is 0 Å². The van der Waals surface area contributed by atoms with E-state index in [9.17, 15) is 18.0 Å². The van der Waals surface area contributed by atoms with Crippen molar-refractivity contribution in [2.24, 2.45) is 0 Å². The zero-order valence-corrected chi connectivity index (χ0v) is 16.4. The van der Waals surface area contributed by atoms with Gasteiger partial charge in [-0.05, 0) is 41.5 Å². The summed E-state index contributed by atoms with van der Waals surface area (Å²) in [6, 6.07) is 13.3. The summed E-state index contributed by atoms with van der Waals surface area (Å²) in [4.78, 5) is 24.4. The van der Waals surface area contributed by atoms with E-state index in [1.807, 2.05) is 0 Å². The van der Waals surface area contributed by atoms with E-state index >= 15 is 0 Å². The number of carbonyl (C=O) groups is 2. The Balaban J connectivity index is 1.64. The van der Waals surface area contributed by atoms with Crippen LogP contribution in [0.25, 0.3) is 6.08 Å². The van der Waals surface area contributed by atoms with Crippen molar-refractivity contribution in [3.63, 3.8) is 0 Å². The van der Waals surface area contributed by atoms with Crippen molar-refractivity contribution < 1.29 is 18.0 Å². The minimum Gasteiger partial charge on any atom is -0.280 e. The van der Waals surface area contributed by atoms with Crippen LogP contribution >= 0.6 is 23.4 Å². The molecule has 0 unspecified atom stereocenters. The fourth-order valence-corrected chi connectivity index (χ4v) is 4.05. The molecule has 0 aliphatic carbocycles. The largest absolute Gasteiger partial charge is 0.289 e. The van der Waals surface area contributed by atoms with E-state index in [-0.39, 0.29) is 23.4 Å². The second kappa shape index (κ2) is 8.16. The van der Waals surface area contributed by atoms with E-state index in [0.717, 1.165) is 22.7 Å². The zero-order valence-electron chi connectivity index (χ0n) is 14.0. The quantitative estimate of drug-likeness (QED) is 0.762. The van der Waals surface area contributed by atoms with E-state index in [1.54, 1.807) is 48.5 Å². The predicted octanol–water partition coefficient (Wildman–Crippen LogP) is 3.95. The molecule has 0 atom stereocenters. The fourth-order valence-electron chi connectivity index (χ4n) is 2.33. The number of nitrogens with zero attached hydrogens (tertiary/aromatic N) is 1. The van der Waals surface area contributed by atoms with Gasteiger partial charge in [-0.25, -0.2) is 8.42 Å². The van der Waals surface area contributed by atoms with Crippen molar-refractivity contribution in [3.05, 3.63) is 70.1 Å². The van der Waals surface area contributed by atoms with Crippen LogP contribution in [0, 0.1) is 0 Å². The molecule has 9 heteroatoms. The Morgan fingerprint density at radius 2 is 1.74 bits per heavy atom. The van der Waals surface area contributed by atoms with Gasteiger partial charge in [0.05, 0.1) is 17.7 Å². The number of hydrogen-bond donors (Lipinski definition) is 1. The van der Waals surface area contributed by atoms with Crippen LogP contribution < -0.4 is 4.72 Å². The molecule has 1 aliphatic rings. The van der Waals surface area contributed by atoms with Gasteiger partial charge in [-0.2, -0.15) is 0 Å². The van der Waals surface area contributed by atoms with Crippen molar-refractivity contribution in [2.45, 2.75) is 6.54 Å². The van der Waals surface area contributed by atoms with Crippen LogP contribution in [-0.2, 0) is 21.4 Å². The van der Waals surface area contributed by atoms with E-state index in [2.05, 4.69) is 4.72 Å². The average molecular weight is 423 g/mol. The minimum atomic E-state index is -3.68. The number of amides is 2. The number of sulfonamides is 1. The van der Waals surface area contributed by atoms with Gasteiger partial charge >= 0.3 is 0 Å². The summed E-state index contributed by atoms with van der Waals surface area (Å²) in [5.74, 6) is -0.0569. The minimum absolute atomic E-state index is 0.163. The van der Waals surface area contributed by atoms with E-state index < -0.39 is 10.0 Å². The lowest BCUT2D eigenvalue weighted by Crippen LogP contribution is -2.27. The van der Waals surface area contributed by atoms with Crippen LogP contribution in [0.1, 0.15) is 11.1 Å². The Morgan fingerprint density at radius 1 is 1.07 bits per heavy atom. The number of anilines is 1. The van der Waals surface area contributed by atoms with Gasteiger partial charge in [0.2, 0.25) is 5.91 Å². The number of imide groups is 1. The highest BCUT2D eigenvalue weighted by atomic mass is 35.5.